The Balaban J connectivity index is 1.53. The standard InChI is InChI=1S/C29H34N2O5/c1-31-14-13-29-12-8-7-11-20(29)21(31)15-18-19(16-22(34-2)26(32)24(18)29)27-23(28(33)35-3)25(30-36-27)17-9-5-4-6-10-17/h4-6,9-10,16,20-21,23,27,32H,7-8,11-15H2,1-3H3/t20?,21?,23-,27+,29?/m0/s1. The number of hydrogen-bond donors (Lipinski definition) is 1. The molecule has 4 aliphatic rings. The first-order chi connectivity index (χ1) is 17.5. The summed E-state index contributed by atoms with van der Waals surface area (Å²) in [4.78, 5) is 21.7. The number of ether oxygens (including phenoxy) is 2. The van der Waals surface area contributed by atoms with Gasteiger partial charge < -0.3 is 24.3 Å². The monoisotopic (exact) mass is 490 g/mol. The number of esters is 1. The predicted molar refractivity (Wildman–Crippen MR) is 135 cm³/mol. The van der Waals surface area contributed by atoms with Crippen LogP contribution in [0.2, 0.25) is 0 Å². The van der Waals surface area contributed by atoms with Crippen LogP contribution in [0.5, 0.6) is 11.5 Å². The van der Waals surface area contributed by atoms with Gasteiger partial charge in [0.15, 0.2) is 17.6 Å². The number of oxime groups is 1. The molecule has 3 unspecified atom stereocenters. The third-order valence-electron chi connectivity index (χ3n) is 9.27. The summed E-state index contributed by atoms with van der Waals surface area (Å²) in [6, 6.07) is 11.9. The van der Waals surface area contributed by atoms with E-state index in [0.29, 0.717) is 23.4 Å². The molecule has 2 fully saturated rings. The normalized spacial score (nSPS) is 31.0. The summed E-state index contributed by atoms with van der Waals surface area (Å²) in [5.74, 6) is 0.0844. The number of phenols is 1. The van der Waals surface area contributed by atoms with Crippen LogP contribution in [0.15, 0.2) is 41.6 Å². The van der Waals surface area contributed by atoms with Crippen molar-refractivity contribution in [2.24, 2.45) is 17.0 Å². The molecule has 0 aromatic heterocycles. The van der Waals surface area contributed by atoms with E-state index in [1.54, 1.807) is 7.11 Å². The maximum atomic E-state index is 13.2. The van der Waals surface area contributed by atoms with Crippen LogP contribution < -0.4 is 4.74 Å². The van der Waals surface area contributed by atoms with E-state index in [9.17, 15) is 9.90 Å². The molecule has 1 saturated carbocycles. The number of likely N-dealkylation sites (tertiary alicyclic amines) is 1. The van der Waals surface area contributed by atoms with Crippen molar-refractivity contribution in [1.82, 2.24) is 4.90 Å². The average molecular weight is 491 g/mol. The number of phenolic OH excluding ortho intramolecular Hbond substituents is 1. The van der Waals surface area contributed by atoms with Crippen molar-refractivity contribution < 1.29 is 24.2 Å². The zero-order valence-corrected chi connectivity index (χ0v) is 21.2. The molecule has 6 rings (SSSR count). The van der Waals surface area contributed by atoms with Crippen LogP contribution in [0.4, 0.5) is 0 Å². The first-order valence-corrected chi connectivity index (χ1v) is 13.0. The second-order valence-corrected chi connectivity index (χ2v) is 10.8. The number of hydrogen-bond acceptors (Lipinski definition) is 7. The van der Waals surface area contributed by atoms with Crippen LogP contribution in [0.25, 0.3) is 0 Å². The molecular weight excluding hydrogens is 456 g/mol. The highest BCUT2D eigenvalue weighted by Gasteiger charge is 2.56. The van der Waals surface area contributed by atoms with Gasteiger partial charge in [-0.25, -0.2) is 0 Å². The summed E-state index contributed by atoms with van der Waals surface area (Å²) < 4.78 is 11.0. The molecule has 0 spiro atoms. The molecule has 2 aliphatic carbocycles. The molecule has 1 saturated heterocycles. The number of rotatable bonds is 4. The molecule has 5 atom stereocenters. The van der Waals surface area contributed by atoms with Crippen molar-refractivity contribution in [3.63, 3.8) is 0 Å². The van der Waals surface area contributed by atoms with Gasteiger partial charge in [-0.1, -0.05) is 48.3 Å². The van der Waals surface area contributed by atoms with Crippen molar-refractivity contribution in [1.29, 1.82) is 0 Å². The summed E-state index contributed by atoms with van der Waals surface area (Å²) in [5.41, 5.74) is 4.29. The molecule has 190 valence electrons. The Labute approximate surface area is 212 Å². The Kier molecular flexibility index (Phi) is 5.71. The van der Waals surface area contributed by atoms with Crippen molar-refractivity contribution in [3.05, 3.63) is 58.7 Å². The lowest BCUT2D eigenvalue weighted by Gasteiger charge is -2.58. The lowest BCUT2D eigenvalue weighted by molar-refractivity contribution is -0.146. The average Bonchev–Trinajstić information content (AvgIpc) is 3.35. The van der Waals surface area contributed by atoms with E-state index < -0.39 is 12.0 Å². The van der Waals surface area contributed by atoms with E-state index in [0.717, 1.165) is 54.5 Å². The molecule has 2 aromatic carbocycles. The van der Waals surface area contributed by atoms with Gasteiger partial charge in [0.1, 0.15) is 11.6 Å². The molecular formula is C29H34N2O5. The van der Waals surface area contributed by atoms with E-state index in [1.165, 1.54) is 20.0 Å². The maximum absolute atomic E-state index is 13.2. The first-order valence-electron chi connectivity index (χ1n) is 13.0. The van der Waals surface area contributed by atoms with Crippen molar-refractivity contribution in [3.8, 4) is 11.5 Å². The van der Waals surface area contributed by atoms with Crippen LogP contribution in [-0.4, -0.2) is 55.5 Å². The van der Waals surface area contributed by atoms with Crippen molar-refractivity contribution in [2.75, 3.05) is 27.8 Å². The fourth-order valence-electron chi connectivity index (χ4n) is 7.62. The number of benzene rings is 2. The molecule has 2 aliphatic heterocycles. The van der Waals surface area contributed by atoms with Gasteiger partial charge in [0.2, 0.25) is 0 Å². The van der Waals surface area contributed by atoms with E-state index in [4.69, 9.17) is 14.3 Å². The third-order valence-corrected chi connectivity index (χ3v) is 9.27. The summed E-state index contributed by atoms with van der Waals surface area (Å²) in [7, 11) is 5.20. The molecule has 0 radical (unpaired) electrons. The third kappa shape index (κ3) is 3.28. The molecule has 7 heteroatoms. The van der Waals surface area contributed by atoms with E-state index >= 15 is 0 Å². The van der Waals surface area contributed by atoms with Gasteiger partial charge in [-0.3, -0.25) is 4.79 Å². The molecule has 2 aromatic rings. The molecule has 2 bridgehead atoms. The molecule has 36 heavy (non-hydrogen) atoms. The van der Waals surface area contributed by atoms with E-state index in [-0.39, 0.29) is 17.1 Å². The lowest BCUT2D eigenvalue weighted by atomic mass is 9.51. The fraction of sp³-hybridized carbons (Fsp3) is 0.517. The van der Waals surface area contributed by atoms with Gasteiger partial charge >= 0.3 is 5.97 Å². The topological polar surface area (TPSA) is 80.6 Å². The lowest BCUT2D eigenvalue weighted by Crippen LogP contribution is -2.60. The first kappa shape index (κ1) is 23.3. The van der Waals surface area contributed by atoms with Crippen LogP contribution in [0, 0.1) is 11.8 Å². The van der Waals surface area contributed by atoms with Gasteiger partial charge in [0.25, 0.3) is 0 Å². The summed E-state index contributed by atoms with van der Waals surface area (Å²) >= 11 is 0. The highest BCUT2D eigenvalue weighted by Crippen LogP contribution is 2.60. The highest BCUT2D eigenvalue weighted by atomic mass is 16.6. The zero-order valence-electron chi connectivity index (χ0n) is 21.2. The van der Waals surface area contributed by atoms with Crippen LogP contribution >= 0.6 is 0 Å². The molecule has 0 amide bonds. The minimum absolute atomic E-state index is 0.0845. The molecule has 7 nitrogen and oxygen atoms in total. The van der Waals surface area contributed by atoms with Crippen LogP contribution in [0.1, 0.15) is 60.5 Å². The number of carbonyl (C=O) groups excluding carboxylic acids is 1. The smallest absolute Gasteiger partial charge is 0.319 e. The van der Waals surface area contributed by atoms with Gasteiger partial charge in [0, 0.05) is 28.1 Å². The maximum Gasteiger partial charge on any atom is 0.319 e. The predicted octanol–water partition coefficient (Wildman–Crippen LogP) is 4.35. The Hall–Kier alpha value is -3.06. The quantitative estimate of drug-likeness (QED) is 0.642. The van der Waals surface area contributed by atoms with E-state index in [2.05, 4.69) is 17.1 Å². The summed E-state index contributed by atoms with van der Waals surface area (Å²) in [5, 5.41) is 16.0. The van der Waals surface area contributed by atoms with Gasteiger partial charge in [0.05, 0.1) is 14.2 Å². The number of likely N-dealkylation sites (N-methyl/N-ethyl adjacent to an activating group) is 1. The van der Waals surface area contributed by atoms with Crippen molar-refractivity contribution >= 4 is 11.7 Å². The van der Waals surface area contributed by atoms with Gasteiger partial charge in [-0.05, 0) is 56.8 Å². The molecule has 1 N–H and O–H groups in total. The van der Waals surface area contributed by atoms with Gasteiger partial charge in [-0.2, -0.15) is 0 Å². The Morgan fingerprint density at radius 2 is 2.00 bits per heavy atom. The Bertz CT molecular complexity index is 1210. The second-order valence-electron chi connectivity index (χ2n) is 10.8. The summed E-state index contributed by atoms with van der Waals surface area (Å²) in [6.45, 7) is 1.01. The van der Waals surface area contributed by atoms with Gasteiger partial charge in [-0.15, -0.1) is 0 Å². The van der Waals surface area contributed by atoms with E-state index in [1.807, 2.05) is 36.4 Å². The second kappa shape index (κ2) is 8.80. The van der Waals surface area contributed by atoms with Crippen LogP contribution in [0.3, 0.4) is 0 Å². The summed E-state index contributed by atoms with van der Waals surface area (Å²) in [6.07, 6.45) is 5.78. The number of piperidine rings is 1. The highest BCUT2D eigenvalue weighted by molar-refractivity contribution is 6.13. The number of methoxy groups -OCH3 is 2. The number of nitrogens with zero attached hydrogens (tertiary/aromatic N) is 2. The number of aromatic hydroxyl groups is 1. The number of fused-ring (bicyclic) bond motifs is 1. The minimum atomic E-state index is -0.713. The van der Waals surface area contributed by atoms with Crippen LogP contribution in [-0.2, 0) is 26.2 Å². The largest absolute Gasteiger partial charge is 0.504 e. The minimum Gasteiger partial charge on any atom is -0.504 e. The Morgan fingerprint density at radius 1 is 1.19 bits per heavy atom. The molecule has 2 heterocycles. The number of carbonyl (C=O) groups is 1. The Morgan fingerprint density at radius 3 is 2.75 bits per heavy atom. The van der Waals surface area contributed by atoms with Crippen molar-refractivity contribution in [2.45, 2.75) is 56.1 Å². The fourth-order valence-corrected chi connectivity index (χ4v) is 7.62. The zero-order chi connectivity index (χ0) is 25.0. The SMILES string of the molecule is COC(=O)[C@H]1C(c2ccccc2)=NO[C@@H]1c1cc(OC)c(O)c2c1CC1C3CCCCC23CCN1C.